The first-order valence-electron chi connectivity index (χ1n) is 11.2. The predicted molar refractivity (Wildman–Crippen MR) is 130 cm³/mol. The first-order chi connectivity index (χ1) is 15.9. The highest BCUT2D eigenvalue weighted by molar-refractivity contribution is 7.16. The van der Waals surface area contributed by atoms with Gasteiger partial charge in [-0.3, -0.25) is 4.79 Å². The molecule has 0 radical (unpaired) electrons. The molecule has 1 N–H and O–H groups in total. The Labute approximate surface area is 197 Å². The van der Waals surface area contributed by atoms with Crippen LogP contribution in [-0.4, -0.2) is 35.1 Å². The Morgan fingerprint density at radius 2 is 2.03 bits per heavy atom. The molecule has 5 rings (SSSR count). The number of nitrogens with zero attached hydrogens (tertiary/aromatic N) is 2. The molecule has 1 unspecified atom stereocenters. The number of fused-ring (bicyclic) bond motifs is 1. The largest absolute Gasteiger partial charge is 0.449 e. The zero-order chi connectivity index (χ0) is 23.0. The highest BCUT2D eigenvalue weighted by Gasteiger charge is 2.34. The molecule has 4 heterocycles. The van der Waals surface area contributed by atoms with Gasteiger partial charge in [-0.1, -0.05) is 38.1 Å². The summed E-state index contributed by atoms with van der Waals surface area (Å²) >= 11 is 1.56. The molecule has 0 saturated carbocycles. The SMILES string of the molecule is Cc1nc(-c2ccc(Cc3cc(C(=O)NC4CCOCC4(C)C)nc4sccc34)cc2)co1. The predicted octanol–water partition coefficient (Wildman–Crippen LogP) is 5.40. The molecule has 4 aromatic rings. The monoisotopic (exact) mass is 461 g/mol. The van der Waals surface area contributed by atoms with Crippen LogP contribution < -0.4 is 5.32 Å². The third-order valence-electron chi connectivity index (χ3n) is 6.29. The lowest BCUT2D eigenvalue weighted by molar-refractivity contribution is -0.0116. The summed E-state index contributed by atoms with van der Waals surface area (Å²) in [7, 11) is 0. The van der Waals surface area contributed by atoms with Gasteiger partial charge in [-0.2, -0.15) is 0 Å². The van der Waals surface area contributed by atoms with Crippen molar-refractivity contribution in [1.82, 2.24) is 15.3 Å². The second-order valence-electron chi connectivity index (χ2n) is 9.29. The van der Waals surface area contributed by atoms with Crippen molar-refractivity contribution in [2.75, 3.05) is 13.2 Å². The molecular weight excluding hydrogens is 434 g/mol. The van der Waals surface area contributed by atoms with Crippen molar-refractivity contribution in [1.29, 1.82) is 0 Å². The van der Waals surface area contributed by atoms with E-state index in [-0.39, 0.29) is 17.4 Å². The van der Waals surface area contributed by atoms with E-state index in [4.69, 9.17) is 9.15 Å². The standard InChI is InChI=1S/C26H27N3O3S/c1-16-27-22(14-32-16)18-6-4-17(5-7-18)12-19-13-21(28-25-20(19)9-11-33-25)24(30)29-23-8-10-31-15-26(23,2)3/h4-7,9,11,13-14,23H,8,10,12,15H2,1-3H3,(H,29,30). The van der Waals surface area contributed by atoms with Crippen LogP contribution in [0.3, 0.4) is 0 Å². The Kier molecular flexibility index (Phi) is 5.76. The molecule has 0 bridgehead atoms. The van der Waals surface area contributed by atoms with Crippen LogP contribution in [0.5, 0.6) is 0 Å². The number of aryl methyl sites for hydroxylation is 1. The summed E-state index contributed by atoms with van der Waals surface area (Å²) in [4.78, 5) is 23.1. The quantitative estimate of drug-likeness (QED) is 0.431. The second kappa shape index (κ2) is 8.72. The van der Waals surface area contributed by atoms with Gasteiger partial charge in [0.05, 0.1) is 6.61 Å². The second-order valence-corrected chi connectivity index (χ2v) is 10.2. The maximum absolute atomic E-state index is 13.1. The van der Waals surface area contributed by atoms with E-state index in [1.165, 1.54) is 0 Å². The molecular formula is C26H27N3O3S. The molecule has 1 amide bonds. The van der Waals surface area contributed by atoms with Gasteiger partial charge in [-0.05, 0) is 41.5 Å². The Morgan fingerprint density at radius 3 is 2.76 bits per heavy atom. The maximum Gasteiger partial charge on any atom is 0.270 e. The fraction of sp³-hybridized carbons (Fsp3) is 0.346. The maximum atomic E-state index is 13.1. The molecule has 170 valence electrons. The van der Waals surface area contributed by atoms with Crippen molar-refractivity contribution in [3.8, 4) is 11.3 Å². The number of carbonyl (C=O) groups is 1. The van der Waals surface area contributed by atoms with E-state index < -0.39 is 0 Å². The zero-order valence-corrected chi connectivity index (χ0v) is 19.9. The smallest absolute Gasteiger partial charge is 0.270 e. The highest BCUT2D eigenvalue weighted by Crippen LogP contribution is 2.29. The van der Waals surface area contributed by atoms with Gasteiger partial charge >= 0.3 is 0 Å². The number of thiophene rings is 1. The summed E-state index contributed by atoms with van der Waals surface area (Å²) in [5, 5.41) is 6.33. The number of pyridine rings is 1. The Balaban J connectivity index is 1.39. The molecule has 1 aliphatic rings. The summed E-state index contributed by atoms with van der Waals surface area (Å²) in [6, 6.07) is 12.4. The number of hydrogen-bond acceptors (Lipinski definition) is 6. The van der Waals surface area contributed by atoms with E-state index >= 15 is 0 Å². The number of ether oxygens (including phenoxy) is 1. The lowest BCUT2D eigenvalue weighted by Crippen LogP contribution is -2.50. The molecule has 3 aromatic heterocycles. The van der Waals surface area contributed by atoms with Gasteiger partial charge in [-0.15, -0.1) is 11.3 Å². The van der Waals surface area contributed by atoms with E-state index in [0.717, 1.165) is 45.4 Å². The summed E-state index contributed by atoms with van der Waals surface area (Å²) in [6.45, 7) is 7.40. The van der Waals surface area contributed by atoms with Gasteiger partial charge in [0.25, 0.3) is 5.91 Å². The van der Waals surface area contributed by atoms with Crippen LogP contribution >= 0.6 is 11.3 Å². The van der Waals surface area contributed by atoms with Crippen molar-refractivity contribution >= 4 is 27.5 Å². The minimum Gasteiger partial charge on any atom is -0.449 e. The fourth-order valence-corrected chi connectivity index (χ4v) is 5.13. The van der Waals surface area contributed by atoms with Crippen molar-refractivity contribution in [3.63, 3.8) is 0 Å². The van der Waals surface area contributed by atoms with Crippen LogP contribution in [0.15, 0.2) is 52.5 Å². The molecule has 1 saturated heterocycles. The number of amides is 1. The van der Waals surface area contributed by atoms with Crippen LogP contribution in [0.1, 0.15) is 47.8 Å². The van der Waals surface area contributed by atoms with Gasteiger partial charge in [-0.25, -0.2) is 9.97 Å². The molecule has 1 aliphatic heterocycles. The summed E-state index contributed by atoms with van der Waals surface area (Å²) in [6.07, 6.45) is 3.20. The minimum absolute atomic E-state index is 0.0655. The van der Waals surface area contributed by atoms with E-state index in [1.54, 1.807) is 17.6 Å². The molecule has 1 fully saturated rings. The van der Waals surface area contributed by atoms with Gasteiger partial charge in [0.1, 0.15) is 22.5 Å². The first-order valence-corrected chi connectivity index (χ1v) is 12.0. The number of nitrogens with one attached hydrogen (secondary N) is 1. The van der Waals surface area contributed by atoms with Crippen molar-refractivity contribution in [2.24, 2.45) is 5.41 Å². The van der Waals surface area contributed by atoms with E-state index in [2.05, 4.69) is 59.5 Å². The van der Waals surface area contributed by atoms with Crippen molar-refractivity contribution < 1.29 is 13.9 Å². The molecule has 0 spiro atoms. The first kappa shape index (κ1) is 21.8. The molecule has 7 heteroatoms. The van der Waals surface area contributed by atoms with Gasteiger partial charge in [0.2, 0.25) is 0 Å². The Bertz CT molecular complexity index is 1290. The van der Waals surface area contributed by atoms with Gasteiger partial charge in [0.15, 0.2) is 5.89 Å². The van der Waals surface area contributed by atoms with Gasteiger partial charge < -0.3 is 14.5 Å². The highest BCUT2D eigenvalue weighted by atomic mass is 32.1. The van der Waals surface area contributed by atoms with E-state index in [9.17, 15) is 4.79 Å². The number of carbonyl (C=O) groups excluding carboxylic acids is 1. The van der Waals surface area contributed by atoms with Crippen molar-refractivity contribution in [3.05, 3.63) is 70.8 Å². The number of rotatable bonds is 5. The fourth-order valence-electron chi connectivity index (χ4n) is 4.32. The summed E-state index contributed by atoms with van der Waals surface area (Å²) < 4.78 is 10.9. The average Bonchev–Trinajstić information content (AvgIpc) is 3.44. The summed E-state index contributed by atoms with van der Waals surface area (Å²) in [5.74, 6) is 0.531. The minimum atomic E-state index is -0.122. The van der Waals surface area contributed by atoms with E-state index in [0.29, 0.717) is 24.8 Å². The molecule has 1 atom stereocenters. The Morgan fingerprint density at radius 1 is 1.21 bits per heavy atom. The molecule has 1 aromatic carbocycles. The van der Waals surface area contributed by atoms with Gasteiger partial charge in [0, 0.05) is 35.9 Å². The zero-order valence-electron chi connectivity index (χ0n) is 19.1. The third kappa shape index (κ3) is 4.56. The van der Waals surface area contributed by atoms with Crippen LogP contribution in [-0.2, 0) is 11.2 Å². The normalized spacial score (nSPS) is 17.8. The Hall–Kier alpha value is -3.03. The molecule has 6 nitrogen and oxygen atoms in total. The lowest BCUT2D eigenvalue weighted by Gasteiger charge is -2.38. The third-order valence-corrected chi connectivity index (χ3v) is 7.10. The van der Waals surface area contributed by atoms with Crippen molar-refractivity contribution in [2.45, 2.75) is 39.7 Å². The average molecular weight is 462 g/mol. The number of hydrogen-bond donors (Lipinski definition) is 1. The lowest BCUT2D eigenvalue weighted by atomic mass is 9.82. The van der Waals surface area contributed by atoms with Crippen LogP contribution in [0, 0.1) is 12.3 Å². The number of oxazole rings is 1. The topological polar surface area (TPSA) is 77.2 Å². The number of aromatic nitrogens is 2. The van der Waals surface area contributed by atoms with Crippen LogP contribution in [0.4, 0.5) is 0 Å². The number of benzene rings is 1. The van der Waals surface area contributed by atoms with E-state index in [1.807, 2.05) is 18.4 Å². The summed E-state index contributed by atoms with van der Waals surface area (Å²) in [5.41, 5.74) is 4.48. The van der Waals surface area contributed by atoms with Crippen LogP contribution in [0.2, 0.25) is 0 Å². The molecule has 33 heavy (non-hydrogen) atoms. The molecule has 0 aliphatic carbocycles. The van der Waals surface area contributed by atoms with Crippen LogP contribution in [0.25, 0.3) is 21.5 Å².